The third-order valence-corrected chi connectivity index (χ3v) is 4.07. The van der Waals surface area contributed by atoms with E-state index < -0.39 is 0 Å². The van der Waals surface area contributed by atoms with Crippen LogP contribution in [0.25, 0.3) is 0 Å². The molecule has 0 atom stereocenters. The van der Waals surface area contributed by atoms with Gasteiger partial charge in [0.25, 0.3) is 0 Å². The molecule has 3 heteroatoms. The molecule has 0 aromatic rings. The second kappa shape index (κ2) is 6.93. The molecule has 1 N–H and O–H groups in total. The molecule has 2 rings (SSSR count). The number of nitrogens with one attached hydrogen (secondary N) is 1. The molecule has 18 heavy (non-hydrogen) atoms. The predicted molar refractivity (Wildman–Crippen MR) is 74.4 cm³/mol. The first kappa shape index (κ1) is 13.6. The second-order valence-corrected chi connectivity index (χ2v) is 5.76. The zero-order valence-electron chi connectivity index (χ0n) is 11.4. The third-order valence-electron chi connectivity index (χ3n) is 4.07. The van der Waals surface area contributed by atoms with Crippen molar-refractivity contribution in [2.75, 3.05) is 19.6 Å². The van der Waals surface area contributed by atoms with Gasteiger partial charge in [0.05, 0.1) is 6.54 Å². The van der Waals surface area contributed by atoms with Gasteiger partial charge < -0.3 is 5.32 Å². The van der Waals surface area contributed by atoms with Gasteiger partial charge in [-0.25, -0.2) is 0 Å². The molecule has 2 saturated carbocycles. The first-order valence-corrected chi connectivity index (χ1v) is 7.41. The molecule has 2 aliphatic rings. The molecule has 102 valence electrons. The summed E-state index contributed by atoms with van der Waals surface area (Å²) in [5, 5.41) is 2.88. The van der Waals surface area contributed by atoms with Gasteiger partial charge in [-0.15, -0.1) is 6.58 Å². The van der Waals surface area contributed by atoms with Crippen molar-refractivity contribution in [2.24, 2.45) is 5.92 Å². The van der Waals surface area contributed by atoms with E-state index in [1.165, 1.54) is 44.9 Å². The second-order valence-electron chi connectivity index (χ2n) is 5.76. The number of rotatable bonds is 7. The van der Waals surface area contributed by atoms with Crippen LogP contribution in [0, 0.1) is 5.92 Å². The van der Waals surface area contributed by atoms with Gasteiger partial charge in [0.15, 0.2) is 0 Å². The lowest BCUT2D eigenvalue weighted by molar-refractivity contribution is -0.122. The molecule has 0 heterocycles. The van der Waals surface area contributed by atoms with Crippen LogP contribution in [0.1, 0.15) is 44.9 Å². The van der Waals surface area contributed by atoms with Crippen LogP contribution in [0.15, 0.2) is 12.7 Å². The standard InChI is InChI=1S/C15H26N2O/c1-2-10-16-15(18)12-17(14-8-9-14)11-13-6-4-3-5-7-13/h2,13-14H,1,3-12H2,(H,16,18). The lowest BCUT2D eigenvalue weighted by Crippen LogP contribution is -2.41. The summed E-state index contributed by atoms with van der Waals surface area (Å²) in [6.07, 6.45) is 11.2. The van der Waals surface area contributed by atoms with Crippen molar-refractivity contribution in [2.45, 2.75) is 51.0 Å². The Hall–Kier alpha value is -0.830. The maximum atomic E-state index is 11.8. The fourth-order valence-corrected chi connectivity index (χ4v) is 2.91. The predicted octanol–water partition coefficient (Wildman–Crippen LogP) is 2.33. The highest BCUT2D eigenvalue weighted by Crippen LogP contribution is 2.30. The van der Waals surface area contributed by atoms with E-state index in [0.717, 1.165) is 12.5 Å². The minimum Gasteiger partial charge on any atom is -0.352 e. The van der Waals surface area contributed by atoms with Gasteiger partial charge in [0.1, 0.15) is 0 Å². The van der Waals surface area contributed by atoms with E-state index in [1.54, 1.807) is 6.08 Å². The van der Waals surface area contributed by atoms with E-state index >= 15 is 0 Å². The molecule has 0 spiro atoms. The molecule has 2 aliphatic carbocycles. The first-order chi connectivity index (χ1) is 8.79. The van der Waals surface area contributed by atoms with E-state index in [0.29, 0.717) is 19.1 Å². The van der Waals surface area contributed by atoms with Crippen LogP contribution in [-0.2, 0) is 4.79 Å². The summed E-state index contributed by atoms with van der Waals surface area (Å²) in [6, 6.07) is 0.682. The Labute approximate surface area is 111 Å². The normalized spacial score (nSPS) is 20.9. The summed E-state index contributed by atoms with van der Waals surface area (Å²) in [4.78, 5) is 14.2. The van der Waals surface area contributed by atoms with Crippen LogP contribution >= 0.6 is 0 Å². The van der Waals surface area contributed by atoms with Gasteiger partial charge in [-0.2, -0.15) is 0 Å². The summed E-state index contributed by atoms with van der Waals surface area (Å²) in [5.41, 5.74) is 0. The molecule has 0 aromatic carbocycles. The monoisotopic (exact) mass is 250 g/mol. The van der Waals surface area contributed by atoms with E-state index in [2.05, 4.69) is 16.8 Å². The fraction of sp³-hybridized carbons (Fsp3) is 0.800. The quantitative estimate of drug-likeness (QED) is 0.703. The Bertz CT molecular complexity index is 280. The Kier molecular flexibility index (Phi) is 5.24. The van der Waals surface area contributed by atoms with Gasteiger partial charge in [0.2, 0.25) is 5.91 Å². The number of carbonyl (C=O) groups is 1. The Morgan fingerprint density at radius 3 is 2.56 bits per heavy atom. The van der Waals surface area contributed by atoms with Gasteiger partial charge in [-0.1, -0.05) is 25.3 Å². The van der Waals surface area contributed by atoms with Gasteiger partial charge in [0, 0.05) is 19.1 Å². The van der Waals surface area contributed by atoms with E-state index in [1.807, 2.05) is 0 Å². The number of amides is 1. The Morgan fingerprint density at radius 1 is 1.22 bits per heavy atom. The minimum absolute atomic E-state index is 0.151. The number of hydrogen-bond acceptors (Lipinski definition) is 2. The lowest BCUT2D eigenvalue weighted by Gasteiger charge is -2.29. The summed E-state index contributed by atoms with van der Waals surface area (Å²) >= 11 is 0. The highest BCUT2D eigenvalue weighted by Gasteiger charge is 2.31. The molecule has 0 bridgehead atoms. The molecule has 1 amide bonds. The van der Waals surface area contributed by atoms with Crippen LogP contribution < -0.4 is 5.32 Å². The van der Waals surface area contributed by atoms with E-state index in [9.17, 15) is 4.79 Å². The first-order valence-electron chi connectivity index (χ1n) is 7.41. The smallest absolute Gasteiger partial charge is 0.234 e. The molecule has 0 radical (unpaired) electrons. The van der Waals surface area contributed by atoms with Crippen molar-refractivity contribution in [3.8, 4) is 0 Å². The molecule has 3 nitrogen and oxygen atoms in total. The topological polar surface area (TPSA) is 32.3 Å². The fourth-order valence-electron chi connectivity index (χ4n) is 2.91. The van der Waals surface area contributed by atoms with E-state index in [4.69, 9.17) is 0 Å². The van der Waals surface area contributed by atoms with Crippen molar-refractivity contribution >= 4 is 5.91 Å². The zero-order valence-corrected chi connectivity index (χ0v) is 11.4. The maximum Gasteiger partial charge on any atom is 0.234 e. The number of nitrogens with zero attached hydrogens (tertiary/aromatic N) is 1. The highest BCUT2D eigenvalue weighted by atomic mass is 16.2. The zero-order chi connectivity index (χ0) is 12.8. The number of hydrogen-bond donors (Lipinski definition) is 1. The molecule has 0 aliphatic heterocycles. The van der Waals surface area contributed by atoms with Crippen LogP contribution in [0.2, 0.25) is 0 Å². The average Bonchev–Trinajstić information content (AvgIpc) is 3.21. The highest BCUT2D eigenvalue weighted by molar-refractivity contribution is 5.78. The summed E-state index contributed by atoms with van der Waals surface area (Å²) < 4.78 is 0. The van der Waals surface area contributed by atoms with Crippen molar-refractivity contribution in [3.63, 3.8) is 0 Å². The summed E-state index contributed by atoms with van der Waals surface area (Å²) in [6.45, 7) is 5.92. The van der Waals surface area contributed by atoms with Crippen molar-refractivity contribution in [1.29, 1.82) is 0 Å². The Balaban J connectivity index is 1.76. The largest absolute Gasteiger partial charge is 0.352 e. The average molecular weight is 250 g/mol. The summed E-state index contributed by atoms with van der Waals surface area (Å²) in [5.74, 6) is 0.976. The lowest BCUT2D eigenvalue weighted by atomic mass is 9.89. The van der Waals surface area contributed by atoms with Crippen LogP contribution in [0.3, 0.4) is 0 Å². The minimum atomic E-state index is 0.151. The molecular formula is C15H26N2O. The van der Waals surface area contributed by atoms with Crippen molar-refractivity contribution in [1.82, 2.24) is 10.2 Å². The van der Waals surface area contributed by atoms with Crippen LogP contribution in [-0.4, -0.2) is 36.5 Å². The van der Waals surface area contributed by atoms with Gasteiger partial charge in [-0.3, -0.25) is 9.69 Å². The summed E-state index contributed by atoms with van der Waals surface area (Å²) in [7, 11) is 0. The van der Waals surface area contributed by atoms with Crippen LogP contribution in [0.4, 0.5) is 0 Å². The molecular weight excluding hydrogens is 224 g/mol. The van der Waals surface area contributed by atoms with Crippen molar-refractivity contribution in [3.05, 3.63) is 12.7 Å². The molecule has 0 saturated heterocycles. The van der Waals surface area contributed by atoms with E-state index in [-0.39, 0.29) is 5.91 Å². The van der Waals surface area contributed by atoms with Crippen LogP contribution in [0.5, 0.6) is 0 Å². The molecule has 0 unspecified atom stereocenters. The van der Waals surface area contributed by atoms with Crippen molar-refractivity contribution < 1.29 is 4.79 Å². The molecule has 0 aromatic heterocycles. The maximum absolute atomic E-state index is 11.8. The van der Waals surface area contributed by atoms with Gasteiger partial charge >= 0.3 is 0 Å². The SMILES string of the molecule is C=CCNC(=O)CN(CC1CCCCC1)C1CC1. The molecule has 2 fully saturated rings. The third kappa shape index (κ3) is 4.45. The Morgan fingerprint density at radius 2 is 1.94 bits per heavy atom. The van der Waals surface area contributed by atoms with Gasteiger partial charge in [-0.05, 0) is 31.6 Å². The number of carbonyl (C=O) groups excluding carboxylic acids is 1.